The Kier molecular flexibility index (Phi) is 7.54. The number of rotatable bonds is 6. The third-order valence-electron chi connectivity index (χ3n) is 4.16. The summed E-state index contributed by atoms with van der Waals surface area (Å²) in [6, 6.07) is 17.3. The quantitative estimate of drug-likeness (QED) is 0.311. The first kappa shape index (κ1) is 22.6. The van der Waals surface area contributed by atoms with Crippen LogP contribution in [0.3, 0.4) is 0 Å². The summed E-state index contributed by atoms with van der Waals surface area (Å²) in [6.45, 7) is 0.127. The molecule has 0 spiro atoms. The maximum absolute atomic E-state index is 13.8. The second-order valence-corrected chi connectivity index (χ2v) is 7.59. The van der Waals surface area contributed by atoms with Crippen molar-refractivity contribution in [1.82, 2.24) is 0 Å². The topological polar surface area (TPSA) is 62.1 Å². The summed E-state index contributed by atoms with van der Waals surface area (Å²) in [5.41, 5.74) is 0.820. The van der Waals surface area contributed by atoms with Crippen LogP contribution >= 0.6 is 34.8 Å². The zero-order chi connectivity index (χ0) is 22.4. The van der Waals surface area contributed by atoms with Crippen LogP contribution in [-0.4, -0.2) is 5.91 Å². The van der Waals surface area contributed by atoms with Gasteiger partial charge in [-0.25, -0.2) is 4.39 Å². The van der Waals surface area contributed by atoms with E-state index in [1.807, 2.05) is 6.07 Å². The van der Waals surface area contributed by atoms with Crippen LogP contribution in [-0.2, 0) is 11.4 Å². The van der Waals surface area contributed by atoms with Crippen molar-refractivity contribution in [3.8, 4) is 11.8 Å². The molecule has 0 saturated carbocycles. The fourth-order valence-corrected chi connectivity index (χ4v) is 3.26. The zero-order valence-electron chi connectivity index (χ0n) is 15.8. The Hall–Kier alpha value is -3.04. The summed E-state index contributed by atoms with van der Waals surface area (Å²) in [4.78, 5) is 12.5. The zero-order valence-corrected chi connectivity index (χ0v) is 18.1. The van der Waals surface area contributed by atoms with Crippen LogP contribution in [0.25, 0.3) is 6.08 Å². The van der Waals surface area contributed by atoms with Crippen LogP contribution in [0.4, 0.5) is 10.1 Å². The van der Waals surface area contributed by atoms with Gasteiger partial charge in [0.05, 0.1) is 5.69 Å². The van der Waals surface area contributed by atoms with Gasteiger partial charge >= 0.3 is 0 Å². The highest BCUT2D eigenvalue weighted by molar-refractivity contribution is 6.35. The highest BCUT2D eigenvalue weighted by Gasteiger charge is 2.14. The number of ether oxygens (including phenoxy) is 1. The number of benzene rings is 3. The van der Waals surface area contributed by atoms with Gasteiger partial charge < -0.3 is 10.1 Å². The number of anilines is 1. The number of halogens is 4. The summed E-state index contributed by atoms with van der Waals surface area (Å²) in [5.74, 6) is -0.999. The molecule has 31 heavy (non-hydrogen) atoms. The van der Waals surface area contributed by atoms with Crippen molar-refractivity contribution in [2.24, 2.45) is 0 Å². The Labute approximate surface area is 193 Å². The van der Waals surface area contributed by atoms with Gasteiger partial charge in [-0.05, 0) is 48.5 Å². The smallest absolute Gasteiger partial charge is 0.266 e. The number of nitriles is 1. The maximum atomic E-state index is 13.8. The van der Waals surface area contributed by atoms with Crippen molar-refractivity contribution >= 4 is 52.5 Å². The number of carbonyl (C=O) groups is 1. The number of hydrogen-bond donors (Lipinski definition) is 1. The lowest BCUT2D eigenvalue weighted by Crippen LogP contribution is -2.14. The third kappa shape index (κ3) is 5.99. The van der Waals surface area contributed by atoms with Gasteiger partial charge in [0.2, 0.25) is 0 Å². The molecule has 1 N–H and O–H groups in total. The van der Waals surface area contributed by atoms with Crippen LogP contribution in [0.15, 0.2) is 66.2 Å². The molecule has 0 saturated heterocycles. The van der Waals surface area contributed by atoms with Crippen molar-refractivity contribution in [1.29, 1.82) is 5.26 Å². The Morgan fingerprint density at radius 3 is 2.48 bits per heavy atom. The fourth-order valence-electron chi connectivity index (χ4n) is 2.61. The van der Waals surface area contributed by atoms with E-state index >= 15 is 0 Å². The summed E-state index contributed by atoms with van der Waals surface area (Å²) < 4.78 is 19.6. The molecule has 156 valence electrons. The average molecular weight is 476 g/mol. The van der Waals surface area contributed by atoms with Crippen LogP contribution in [0.1, 0.15) is 11.1 Å². The lowest BCUT2D eigenvalue weighted by molar-refractivity contribution is -0.112. The highest BCUT2D eigenvalue weighted by atomic mass is 35.5. The first-order chi connectivity index (χ1) is 14.9. The Balaban J connectivity index is 1.85. The van der Waals surface area contributed by atoms with E-state index in [-0.39, 0.29) is 17.9 Å². The van der Waals surface area contributed by atoms with Gasteiger partial charge in [0.15, 0.2) is 0 Å². The number of hydrogen-bond acceptors (Lipinski definition) is 3. The van der Waals surface area contributed by atoms with E-state index in [1.54, 1.807) is 42.5 Å². The van der Waals surface area contributed by atoms with E-state index in [2.05, 4.69) is 5.32 Å². The molecule has 0 aromatic heterocycles. The monoisotopic (exact) mass is 474 g/mol. The Morgan fingerprint density at radius 2 is 1.77 bits per heavy atom. The number of amides is 1. The molecular weight excluding hydrogens is 462 g/mol. The van der Waals surface area contributed by atoms with Gasteiger partial charge in [-0.15, -0.1) is 0 Å². The van der Waals surface area contributed by atoms with Crippen molar-refractivity contribution in [3.63, 3.8) is 0 Å². The standard InChI is InChI=1S/C23H14Cl3FN2O2/c24-17-7-8-22(31-13-14-5-6-18(25)11-19(14)26)15(10-17)9-16(12-28)23(30)29-21-4-2-1-3-20(21)27/h1-11H,13H2,(H,29,30)/b16-9+. The molecule has 3 aromatic rings. The lowest BCUT2D eigenvalue weighted by Gasteiger charge is -2.12. The van der Waals surface area contributed by atoms with E-state index in [0.717, 1.165) is 0 Å². The number of para-hydroxylation sites is 1. The molecule has 8 heteroatoms. The van der Waals surface area contributed by atoms with Gasteiger partial charge in [0.1, 0.15) is 29.8 Å². The molecule has 3 rings (SSSR count). The summed E-state index contributed by atoms with van der Waals surface area (Å²) in [7, 11) is 0. The van der Waals surface area contributed by atoms with Crippen molar-refractivity contribution in [3.05, 3.63) is 98.2 Å². The molecule has 0 bridgehead atoms. The van der Waals surface area contributed by atoms with Crippen molar-refractivity contribution in [2.75, 3.05) is 5.32 Å². The number of nitrogens with one attached hydrogen (secondary N) is 1. The highest BCUT2D eigenvalue weighted by Crippen LogP contribution is 2.28. The van der Waals surface area contributed by atoms with E-state index in [0.29, 0.717) is 31.9 Å². The number of nitrogens with zero attached hydrogens (tertiary/aromatic N) is 1. The second kappa shape index (κ2) is 10.3. The summed E-state index contributed by atoms with van der Waals surface area (Å²) in [5, 5.41) is 13.2. The minimum absolute atomic E-state index is 0.0337. The average Bonchev–Trinajstić information content (AvgIpc) is 2.74. The minimum Gasteiger partial charge on any atom is -0.488 e. The molecule has 0 atom stereocenters. The Morgan fingerprint density at radius 1 is 1.06 bits per heavy atom. The van der Waals surface area contributed by atoms with E-state index < -0.39 is 11.7 Å². The molecule has 3 aromatic carbocycles. The van der Waals surface area contributed by atoms with E-state index in [4.69, 9.17) is 39.5 Å². The van der Waals surface area contributed by atoms with Gasteiger partial charge in [0, 0.05) is 26.2 Å². The van der Waals surface area contributed by atoms with Gasteiger partial charge in [-0.3, -0.25) is 4.79 Å². The molecule has 0 unspecified atom stereocenters. The predicted molar refractivity (Wildman–Crippen MR) is 121 cm³/mol. The first-order valence-electron chi connectivity index (χ1n) is 8.91. The second-order valence-electron chi connectivity index (χ2n) is 6.31. The van der Waals surface area contributed by atoms with Crippen LogP contribution < -0.4 is 10.1 Å². The summed E-state index contributed by atoms with van der Waals surface area (Å²) in [6.07, 6.45) is 1.32. The number of carbonyl (C=O) groups excluding carboxylic acids is 1. The third-order valence-corrected chi connectivity index (χ3v) is 4.98. The predicted octanol–water partition coefficient (Wildman–Crippen LogP) is 6.91. The fraction of sp³-hybridized carbons (Fsp3) is 0.0435. The molecule has 0 radical (unpaired) electrons. The Bertz CT molecular complexity index is 1210. The normalized spacial score (nSPS) is 11.0. The van der Waals surface area contributed by atoms with E-state index in [1.165, 1.54) is 24.3 Å². The molecule has 0 fully saturated rings. The molecule has 4 nitrogen and oxygen atoms in total. The minimum atomic E-state index is -0.765. The van der Waals surface area contributed by atoms with Crippen LogP contribution in [0, 0.1) is 17.1 Å². The van der Waals surface area contributed by atoms with Gasteiger partial charge in [-0.1, -0.05) is 53.0 Å². The largest absolute Gasteiger partial charge is 0.488 e. The SMILES string of the molecule is N#C/C(=C\c1cc(Cl)ccc1OCc1ccc(Cl)cc1Cl)C(=O)Nc1ccccc1F. The van der Waals surface area contributed by atoms with Crippen LogP contribution in [0.2, 0.25) is 15.1 Å². The van der Waals surface area contributed by atoms with Gasteiger partial charge in [-0.2, -0.15) is 5.26 Å². The van der Waals surface area contributed by atoms with Crippen LogP contribution in [0.5, 0.6) is 5.75 Å². The molecule has 0 aliphatic carbocycles. The van der Waals surface area contributed by atoms with E-state index in [9.17, 15) is 14.4 Å². The maximum Gasteiger partial charge on any atom is 0.266 e. The molecular formula is C23H14Cl3FN2O2. The molecule has 0 aliphatic rings. The molecule has 0 aliphatic heterocycles. The van der Waals surface area contributed by atoms with Crippen molar-refractivity contribution < 1.29 is 13.9 Å². The molecule has 1 amide bonds. The lowest BCUT2D eigenvalue weighted by atomic mass is 10.1. The molecule has 0 heterocycles. The van der Waals surface area contributed by atoms with Crippen molar-refractivity contribution in [2.45, 2.75) is 6.61 Å². The first-order valence-corrected chi connectivity index (χ1v) is 10.0. The van der Waals surface area contributed by atoms with Gasteiger partial charge in [0.25, 0.3) is 5.91 Å². The summed E-state index contributed by atoms with van der Waals surface area (Å²) >= 11 is 18.2.